The molecule has 0 aliphatic rings. The molecule has 0 aliphatic heterocycles. The Labute approximate surface area is 108 Å². The first kappa shape index (κ1) is 12.8. The van der Waals surface area contributed by atoms with Crippen LogP contribution in [0.1, 0.15) is 18.3 Å². The Morgan fingerprint density at radius 3 is 2.83 bits per heavy atom. The number of pyridine rings is 1. The fourth-order valence-electron chi connectivity index (χ4n) is 2.12. The van der Waals surface area contributed by atoms with Gasteiger partial charge in [0.2, 0.25) is 0 Å². The third kappa shape index (κ3) is 3.40. The number of rotatable bonds is 6. The Hall–Kier alpha value is -1.68. The fraction of sp³-hybridized carbons (Fsp3) is 0.429. The number of likely N-dealkylation sites (N-methyl/N-ethyl adjacent to an activating group) is 1. The van der Waals surface area contributed by atoms with Crippen molar-refractivity contribution >= 4 is 0 Å². The first-order valence-electron chi connectivity index (χ1n) is 6.38. The Kier molecular flexibility index (Phi) is 4.47. The lowest BCUT2D eigenvalue weighted by molar-refractivity contribution is 0.503. The summed E-state index contributed by atoms with van der Waals surface area (Å²) in [5.41, 5.74) is 1.26. The maximum absolute atomic E-state index is 4.39. The summed E-state index contributed by atoms with van der Waals surface area (Å²) in [6.07, 6.45) is 9.50. The van der Waals surface area contributed by atoms with Gasteiger partial charge in [-0.2, -0.15) is 0 Å². The van der Waals surface area contributed by atoms with E-state index in [9.17, 15) is 0 Å². The second-order valence-corrected chi connectivity index (χ2v) is 4.48. The van der Waals surface area contributed by atoms with Crippen molar-refractivity contribution in [1.82, 2.24) is 19.9 Å². The molecule has 0 bridgehead atoms. The molecule has 18 heavy (non-hydrogen) atoms. The third-order valence-electron chi connectivity index (χ3n) is 3.05. The minimum absolute atomic E-state index is 0.403. The zero-order chi connectivity index (χ0) is 12.8. The molecule has 0 amide bonds. The first-order valence-corrected chi connectivity index (χ1v) is 6.38. The maximum atomic E-state index is 4.39. The predicted molar refractivity (Wildman–Crippen MR) is 72.3 cm³/mol. The van der Waals surface area contributed by atoms with E-state index >= 15 is 0 Å². The molecule has 1 N–H and O–H groups in total. The van der Waals surface area contributed by atoms with Crippen LogP contribution in [0.4, 0.5) is 0 Å². The molecule has 2 aromatic heterocycles. The van der Waals surface area contributed by atoms with Gasteiger partial charge < -0.3 is 9.88 Å². The van der Waals surface area contributed by atoms with Crippen LogP contribution in [0.2, 0.25) is 0 Å². The Morgan fingerprint density at radius 2 is 2.22 bits per heavy atom. The molecule has 0 radical (unpaired) electrons. The minimum atomic E-state index is 0.403. The van der Waals surface area contributed by atoms with Crippen LogP contribution in [0.15, 0.2) is 36.9 Å². The number of nitrogens with one attached hydrogen (secondary N) is 1. The number of hydrogen-bond donors (Lipinski definition) is 1. The van der Waals surface area contributed by atoms with Gasteiger partial charge in [-0.05, 0) is 24.6 Å². The molecular weight excluding hydrogens is 224 g/mol. The second kappa shape index (κ2) is 6.31. The van der Waals surface area contributed by atoms with E-state index in [0.29, 0.717) is 6.04 Å². The Bertz CT molecular complexity index is 464. The van der Waals surface area contributed by atoms with Gasteiger partial charge in [-0.15, -0.1) is 0 Å². The highest BCUT2D eigenvalue weighted by Crippen LogP contribution is 2.06. The highest BCUT2D eigenvalue weighted by molar-refractivity contribution is 5.11. The minimum Gasteiger partial charge on any atom is -0.338 e. The summed E-state index contributed by atoms with van der Waals surface area (Å²) in [5, 5.41) is 3.52. The zero-order valence-electron chi connectivity index (χ0n) is 11.0. The maximum Gasteiger partial charge on any atom is 0.109 e. The van der Waals surface area contributed by atoms with Crippen molar-refractivity contribution < 1.29 is 0 Å². The summed E-state index contributed by atoms with van der Waals surface area (Å²) in [7, 11) is 2.04. The molecule has 0 aliphatic carbocycles. The predicted octanol–water partition coefficient (Wildman–Crippen LogP) is 1.58. The van der Waals surface area contributed by atoms with Crippen LogP contribution >= 0.6 is 0 Å². The van der Waals surface area contributed by atoms with Gasteiger partial charge in [-0.1, -0.05) is 13.0 Å². The van der Waals surface area contributed by atoms with Gasteiger partial charge >= 0.3 is 0 Å². The monoisotopic (exact) mass is 244 g/mol. The molecule has 2 heterocycles. The summed E-state index contributed by atoms with van der Waals surface area (Å²) >= 11 is 0. The van der Waals surface area contributed by atoms with Gasteiger partial charge in [-0.3, -0.25) is 4.98 Å². The zero-order valence-corrected chi connectivity index (χ0v) is 11.0. The highest BCUT2D eigenvalue weighted by atomic mass is 15.0. The molecule has 96 valence electrons. The normalized spacial score (nSPS) is 12.6. The van der Waals surface area contributed by atoms with E-state index in [1.54, 1.807) is 0 Å². The van der Waals surface area contributed by atoms with E-state index < -0.39 is 0 Å². The summed E-state index contributed by atoms with van der Waals surface area (Å²) in [4.78, 5) is 8.55. The van der Waals surface area contributed by atoms with E-state index in [0.717, 1.165) is 25.2 Å². The molecule has 2 rings (SSSR count). The number of nitrogens with zero attached hydrogens (tertiary/aromatic N) is 3. The molecule has 1 unspecified atom stereocenters. The lowest BCUT2D eigenvalue weighted by Gasteiger charge is -2.17. The molecule has 0 aromatic carbocycles. The van der Waals surface area contributed by atoms with Crippen LogP contribution in [-0.4, -0.2) is 27.1 Å². The van der Waals surface area contributed by atoms with Gasteiger partial charge in [0.05, 0.1) is 0 Å². The Morgan fingerprint density at radius 1 is 1.33 bits per heavy atom. The van der Waals surface area contributed by atoms with Crippen LogP contribution < -0.4 is 5.32 Å². The summed E-state index contributed by atoms with van der Waals surface area (Å²) in [5.74, 6) is 1.12. The first-order chi connectivity index (χ1) is 8.79. The van der Waals surface area contributed by atoms with Crippen molar-refractivity contribution in [2.75, 3.05) is 6.54 Å². The number of hydrogen-bond acceptors (Lipinski definition) is 3. The number of aromatic nitrogens is 3. The van der Waals surface area contributed by atoms with Crippen molar-refractivity contribution in [1.29, 1.82) is 0 Å². The molecule has 2 aromatic rings. The third-order valence-corrected chi connectivity index (χ3v) is 3.05. The number of aryl methyl sites for hydroxylation is 1. The second-order valence-electron chi connectivity index (χ2n) is 4.48. The van der Waals surface area contributed by atoms with Gasteiger partial charge in [0.25, 0.3) is 0 Å². The van der Waals surface area contributed by atoms with E-state index in [2.05, 4.69) is 32.8 Å². The van der Waals surface area contributed by atoms with Gasteiger partial charge in [0, 0.05) is 44.3 Å². The molecule has 4 heteroatoms. The van der Waals surface area contributed by atoms with Crippen LogP contribution in [-0.2, 0) is 19.9 Å². The Balaban J connectivity index is 2.02. The van der Waals surface area contributed by atoms with Gasteiger partial charge in [-0.25, -0.2) is 4.98 Å². The molecule has 0 spiro atoms. The van der Waals surface area contributed by atoms with E-state index in [-0.39, 0.29) is 0 Å². The molecule has 1 atom stereocenters. The van der Waals surface area contributed by atoms with Crippen molar-refractivity contribution in [3.05, 3.63) is 48.3 Å². The summed E-state index contributed by atoms with van der Waals surface area (Å²) in [6, 6.07) is 4.51. The molecule has 0 saturated heterocycles. The molecular formula is C14H20N4. The SMILES string of the molecule is CCNC(Cc1cccnc1)Cc1nccn1C. The van der Waals surface area contributed by atoms with E-state index in [1.807, 2.05) is 37.9 Å². The van der Waals surface area contributed by atoms with Crippen molar-refractivity contribution in [3.63, 3.8) is 0 Å². The average Bonchev–Trinajstić information content (AvgIpc) is 2.77. The van der Waals surface area contributed by atoms with E-state index in [1.165, 1.54) is 5.56 Å². The summed E-state index contributed by atoms with van der Waals surface area (Å²) < 4.78 is 2.08. The van der Waals surface area contributed by atoms with Crippen molar-refractivity contribution in [2.45, 2.75) is 25.8 Å². The molecule has 0 fully saturated rings. The van der Waals surface area contributed by atoms with Crippen LogP contribution in [0, 0.1) is 0 Å². The topological polar surface area (TPSA) is 42.7 Å². The molecule has 4 nitrogen and oxygen atoms in total. The van der Waals surface area contributed by atoms with Crippen LogP contribution in [0.3, 0.4) is 0 Å². The van der Waals surface area contributed by atoms with Crippen molar-refractivity contribution in [2.24, 2.45) is 7.05 Å². The van der Waals surface area contributed by atoms with E-state index in [4.69, 9.17) is 0 Å². The number of imidazole rings is 1. The van der Waals surface area contributed by atoms with Crippen LogP contribution in [0.5, 0.6) is 0 Å². The summed E-state index contributed by atoms with van der Waals surface area (Å²) in [6.45, 7) is 3.10. The largest absolute Gasteiger partial charge is 0.338 e. The van der Waals surface area contributed by atoms with Gasteiger partial charge in [0.15, 0.2) is 0 Å². The fourth-order valence-corrected chi connectivity index (χ4v) is 2.12. The smallest absolute Gasteiger partial charge is 0.109 e. The average molecular weight is 244 g/mol. The standard InChI is InChI=1S/C14H20N4/c1-3-16-13(9-12-5-4-6-15-11-12)10-14-17-7-8-18(14)2/h4-8,11,13,16H,3,9-10H2,1-2H3. The highest BCUT2D eigenvalue weighted by Gasteiger charge is 2.12. The molecule has 0 saturated carbocycles. The van der Waals surface area contributed by atoms with Crippen molar-refractivity contribution in [3.8, 4) is 0 Å². The quantitative estimate of drug-likeness (QED) is 0.839. The lowest BCUT2D eigenvalue weighted by atomic mass is 10.0. The van der Waals surface area contributed by atoms with Gasteiger partial charge in [0.1, 0.15) is 5.82 Å². The lowest BCUT2D eigenvalue weighted by Crippen LogP contribution is -2.33. The van der Waals surface area contributed by atoms with Crippen LogP contribution in [0.25, 0.3) is 0 Å².